The van der Waals surface area contributed by atoms with Crippen LogP contribution >= 0.6 is 11.6 Å². The molecule has 1 heterocycles. The first kappa shape index (κ1) is 12.7. The maximum atomic E-state index is 6.26. The fourth-order valence-corrected chi connectivity index (χ4v) is 2.60. The third kappa shape index (κ3) is 2.72. The van der Waals surface area contributed by atoms with Gasteiger partial charge in [0.15, 0.2) is 0 Å². The van der Waals surface area contributed by atoms with E-state index in [1.54, 1.807) is 6.20 Å². The monoisotopic (exact) mass is 253 g/mol. The summed E-state index contributed by atoms with van der Waals surface area (Å²) in [6.07, 6.45) is 8.37. The molecule has 1 aromatic rings. The summed E-state index contributed by atoms with van der Waals surface area (Å²) >= 11 is 6.26. The summed E-state index contributed by atoms with van der Waals surface area (Å²) in [5, 5.41) is 5.08. The number of nitrogens with two attached hydrogens (primary N) is 1. The third-order valence-corrected chi connectivity index (χ3v) is 3.47. The highest BCUT2D eigenvalue weighted by Gasteiger charge is 2.18. The lowest BCUT2D eigenvalue weighted by atomic mass is 10.1. The third-order valence-electron chi connectivity index (χ3n) is 3.19. The van der Waals surface area contributed by atoms with E-state index >= 15 is 0 Å². The first-order valence-corrected chi connectivity index (χ1v) is 6.67. The molecule has 0 aromatic carbocycles. The molecule has 0 bridgehead atoms. The number of hydrogen-bond acceptors (Lipinski definition) is 2. The largest absolute Gasteiger partial charge is 0.324 e. The number of allylic oxidation sites excluding steroid dienone is 1. The summed E-state index contributed by atoms with van der Waals surface area (Å²) in [6.45, 7) is 4.23. The van der Waals surface area contributed by atoms with Crippen LogP contribution in [-0.4, -0.2) is 15.8 Å². The van der Waals surface area contributed by atoms with Crippen LogP contribution in [0.1, 0.15) is 51.3 Å². The van der Waals surface area contributed by atoms with Gasteiger partial charge in [0, 0.05) is 12.1 Å². The molecule has 0 radical (unpaired) electrons. The number of halogens is 1. The molecular formula is C13H20ClN3. The van der Waals surface area contributed by atoms with Crippen molar-refractivity contribution in [1.29, 1.82) is 0 Å². The van der Waals surface area contributed by atoms with Gasteiger partial charge in [0.2, 0.25) is 0 Å². The molecule has 1 unspecified atom stereocenters. The molecule has 0 saturated heterocycles. The predicted octanol–water partition coefficient (Wildman–Crippen LogP) is 3.40. The van der Waals surface area contributed by atoms with Crippen LogP contribution in [0.15, 0.2) is 12.3 Å². The lowest BCUT2D eigenvalue weighted by molar-refractivity contribution is 0.525. The average molecular weight is 254 g/mol. The average Bonchev–Trinajstić information content (AvgIpc) is 2.52. The number of aromatic nitrogens is 2. The summed E-state index contributed by atoms with van der Waals surface area (Å²) < 4.78 is 1.99. The second-order valence-corrected chi connectivity index (χ2v) is 5.39. The Labute approximate surface area is 108 Å². The van der Waals surface area contributed by atoms with Crippen molar-refractivity contribution >= 4 is 17.2 Å². The molecule has 0 saturated carbocycles. The van der Waals surface area contributed by atoms with E-state index in [-0.39, 0.29) is 6.04 Å². The van der Waals surface area contributed by atoms with E-state index in [1.165, 1.54) is 18.4 Å². The molecular weight excluding hydrogens is 234 g/mol. The Hall–Kier alpha value is -0.800. The minimum atomic E-state index is 0.152. The fourth-order valence-electron chi connectivity index (χ4n) is 2.35. The van der Waals surface area contributed by atoms with Crippen LogP contribution in [0.4, 0.5) is 0 Å². The minimum Gasteiger partial charge on any atom is -0.324 e. The molecule has 3 nitrogen and oxygen atoms in total. The first-order chi connectivity index (χ1) is 8.09. The molecule has 0 amide bonds. The highest BCUT2D eigenvalue weighted by Crippen LogP contribution is 2.31. The molecule has 17 heavy (non-hydrogen) atoms. The van der Waals surface area contributed by atoms with Gasteiger partial charge < -0.3 is 5.73 Å². The lowest BCUT2D eigenvalue weighted by Gasteiger charge is -2.14. The zero-order valence-electron chi connectivity index (χ0n) is 10.5. The van der Waals surface area contributed by atoms with Crippen molar-refractivity contribution in [2.75, 3.05) is 0 Å². The summed E-state index contributed by atoms with van der Waals surface area (Å²) in [5.74, 6) is 0. The molecule has 1 atom stereocenters. The summed E-state index contributed by atoms with van der Waals surface area (Å²) in [4.78, 5) is 0. The Morgan fingerprint density at radius 1 is 1.47 bits per heavy atom. The maximum Gasteiger partial charge on any atom is 0.0862 e. The van der Waals surface area contributed by atoms with Crippen LogP contribution < -0.4 is 5.73 Å². The van der Waals surface area contributed by atoms with E-state index in [2.05, 4.69) is 25.0 Å². The summed E-state index contributed by atoms with van der Waals surface area (Å²) in [6, 6.07) is 0.469. The van der Waals surface area contributed by atoms with Crippen molar-refractivity contribution in [1.82, 2.24) is 9.78 Å². The molecule has 1 aromatic heterocycles. The van der Waals surface area contributed by atoms with E-state index in [4.69, 9.17) is 17.3 Å². The van der Waals surface area contributed by atoms with Crippen LogP contribution in [-0.2, 0) is 0 Å². The zero-order chi connectivity index (χ0) is 12.4. The Balaban J connectivity index is 2.41. The zero-order valence-corrected chi connectivity index (χ0v) is 11.2. The van der Waals surface area contributed by atoms with Gasteiger partial charge in [-0.15, -0.1) is 0 Å². The second kappa shape index (κ2) is 5.23. The van der Waals surface area contributed by atoms with Crippen LogP contribution in [0, 0.1) is 0 Å². The van der Waals surface area contributed by atoms with E-state index in [9.17, 15) is 0 Å². The summed E-state index contributed by atoms with van der Waals surface area (Å²) in [5.41, 5.74) is 8.37. The SMILES string of the molecule is CC(C)n1ncc(Cl)c1C1=CC(N)CCCC1. The van der Waals surface area contributed by atoms with Crippen molar-refractivity contribution < 1.29 is 0 Å². The van der Waals surface area contributed by atoms with Crippen molar-refractivity contribution in [2.45, 2.75) is 51.6 Å². The molecule has 0 spiro atoms. The number of nitrogens with zero attached hydrogens (tertiary/aromatic N) is 2. The minimum absolute atomic E-state index is 0.152. The van der Waals surface area contributed by atoms with Crippen LogP contribution in [0.25, 0.3) is 5.57 Å². The lowest BCUT2D eigenvalue weighted by Crippen LogP contribution is -2.16. The molecule has 0 aliphatic heterocycles. The molecule has 2 N–H and O–H groups in total. The highest BCUT2D eigenvalue weighted by molar-refractivity contribution is 6.32. The highest BCUT2D eigenvalue weighted by atomic mass is 35.5. The van der Waals surface area contributed by atoms with Crippen LogP contribution in [0.3, 0.4) is 0 Å². The van der Waals surface area contributed by atoms with E-state index in [1.807, 2.05) is 4.68 Å². The smallest absolute Gasteiger partial charge is 0.0862 e. The van der Waals surface area contributed by atoms with Crippen LogP contribution in [0.2, 0.25) is 5.02 Å². The Kier molecular flexibility index (Phi) is 3.89. The molecule has 0 fully saturated rings. The van der Waals surface area contributed by atoms with Gasteiger partial charge in [0.25, 0.3) is 0 Å². The first-order valence-electron chi connectivity index (χ1n) is 6.29. The van der Waals surface area contributed by atoms with Gasteiger partial charge in [-0.25, -0.2) is 0 Å². The number of rotatable bonds is 2. The van der Waals surface area contributed by atoms with Gasteiger partial charge in [0.05, 0.1) is 16.9 Å². The van der Waals surface area contributed by atoms with Gasteiger partial charge in [-0.1, -0.05) is 24.1 Å². The normalized spacial score (nSPS) is 21.5. The second-order valence-electron chi connectivity index (χ2n) is 4.98. The van der Waals surface area contributed by atoms with Crippen LogP contribution in [0.5, 0.6) is 0 Å². The van der Waals surface area contributed by atoms with Crippen molar-refractivity contribution in [2.24, 2.45) is 5.73 Å². The van der Waals surface area contributed by atoms with E-state index < -0.39 is 0 Å². The van der Waals surface area contributed by atoms with Gasteiger partial charge in [-0.05, 0) is 38.7 Å². The Morgan fingerprint density at radius 3 is 2.94 bits per heavy atom. The van der Waals surface area contributed by atoms with Gasteiger partial charge >= 0.3 is 0 Å². The standard InChI is InChI=1S/C13H20ClN3/c1-9(2)17-13(12(14)8-16-17)10-5-3-4-6-11(15)7-10/h7-9,11H,3-6,15H2,1-2H3. The van der Waals surface area contributed by atoms with Crippen molar-refractivity contribution in [3.8, 4) is 0 Å². The van der Waals surface area contributed by atoms with Crippen molar-refractivity contribution in [3.05, 3.63) is 23.0 Å². The Morgan fingerprint density at radius 2 is 2.24 bits per heavy atom. The fraction of sp³-hybridized carbons (Fsp3) is 0.615. The topological polar surface area (TPSA) is 43.8 Å². The van der Waals surface area contributed by atoms with E-state index in [0.29, 0.717) is 6.04 Å². The van der Waals surface area contributed by atoms with Gasteiger partial charge in [-0.3, -0.25) is 4.68 Å². The quantitative estimate of drug-likeness (QED) is 0.878. The maximum absolute atomic E-state index is 6.26. The molecule has 1 aliphatic rings. The summed E-state index contributed by atoms with van der Waals surface area (Å²) in [7, 11) is 0. The number of hydrogen-bond donors (Lipinski definition) is 1. The molecule has 4 heteroatoms. The van der Waals surface area contributed by atoms with Gasteiger partial charge in [0.1, 0.15) is 0 Å². The molecule has 1 aliphatic carbocycles. The van der Waals surface area contributed by atoms with Gasteiger partial charge in [-0.2, -0.15) is 5.10 Å². The van der Waals surface area contributed by atoms with Crippen molar-refractivity contribution in [3.63, 3.8) is 0 Å². The predicted molar refractivity (Wildman–Crippen MR) is 72.0 cm³/mol. The molecule has 2 rings (SSSR count). The Bertz CT molecular complexity index is 420. The molecule has 94 valence electrons. The van der Waals surface area contributed by atoms with E-state index in [0.717, 1.165) is 23.6 Å².